The molecule has 0 saturated heterocycles. The highest BCUT2D eigenvalue weighted by Gasteiger charge is 2.35. The van der Waals surface area contributed by atoms with Crippen molar-refractivity contribution >= 4 is 5.91 Å². The van der Waals surface area contributed by atoms with E-state index < -0.39 is 29.9 Å². The third kappa shape index (κ3) is 4.45. The van der Waals surface area contributed by atoms with Crippen LogP contribution in [-0.4, -0.2) is 30.9 Å². The summed E-state index contributed by atoms with van der Waals surface area (Å²) in [5, 5.41) is 19.5. The van der Waals surface area contributed by atoms with E-state index in [9.17, 15) is 23.1 Å². The number of alkyl halides is 3. The van der Waals surface area contributed by atoms with Crippen molar-refractivity contribution in [3.8, 4) is 11.3 Å². The summed E-state index contributed by atoms with van der Waals surface area (Å²) in [6.07, 6.45) is -3.87. The molecule has 154 valence electrons. The molecule has 0 aliphatic carbocycles. The lowest BCUT2D eigenvalue weighted by Gasteiger charge is -2.10. The Labute approximate surface area is 163 Å². The van der Waals surface area contributed by atoms with Crippen molar-refractivity contribution in [2.45, 2.75) is 32.2 Å². The van der Waals surface area contributed by atoms with E-state index in [4.69, 9.17) is 4.52 Å². The molecule has 0 unspecified atom stereocenters. The van der Waals surface area contributed by atoms with Gasteiger partial charge in [-0.25, -0.2) is 0 Å². The summed E-state index contributed by atoms with van der Waals surface area (Å²) >= 11 is 0. The minimum atomic E-state index is -4.64. The van der Waals surface area contributed by atoms with Gasteiger partial charge in [-0.05, 0) is 26.0 Å². The fourth-order valence-corrected chi connectivity index (χ4v) is 2.63. The molecule has 0 aliphatic heterocycles. The quantitative estimate of drug-likeness (QED) is 0.671. The summed E-state index contributed by atoms with van der Waals surface area (Å²) in [6, 6.07) is 4.96. The van der Waals surface area contributed by atoms with Crippen LogP contribution in [0, 0.1) is 0 Å². The maximum absolute atomic E-state index is 12.8. The first-order valence-corrected chi connectivity index (χ1v) is 8.59. The normalized spacial score (nSPS) is 13.9. The molecule has 0 aliphatic rings. The van der Waals surface area contributed by atoms with Crippen LogP contribution in [0.25, 0.3) is 11.3 Å². The van der Waals surface area contributed by atoms with Gasteiger partial charge in [-0.3, -0.25) is 14.5 Å². The lowest BCUT2D eigenvalue weighted by atomic mass is 10.1. The van der Waals surface area contributed by atoms with E-state index in [1.54, 1.807) is 32.0 Å². The zero-order valence-electron chi connectivity index (χ0n) is 15.7. The highest BCUT2D eigenvalue weighted by molar-refractivity contribution is 5.92. The van der Waals surface area contributed by atoms with E-state index in [0.29, 0.717) is 28.8 Å². The van der Waals surface area contributed by atoms with Gasteiger partial charge in [0.2, 0.25) is 0 Å². The Morgan fingerprint density at radius 3 is 2.62 bits per heavy atom. The number of nitrogens with zero attached hydrogens (tertiary/aromatic N) is 4. The van der Waals surface area contributed by atoms with Crippen LogP contribution < -0.4 is 5.32 Å². The van der Waals surface area contributed by atoms with E-state index in [-0.39, 0.29) is 5.69 Å². The van der Waals surface area contributed by atoms with Gasteiger partial charge in [0.25, 0.3) is 5.91 Å². The number of aliphatic hydroxyl groups is 1. The Balaban J connectivity index is 1.75. The van der Waals surface area contributed by atoms with Crippen LogP contribution in [-0.2, 0) is 13.2 Å². The Kier molecular flexibility index (Phi) is 5.42. The topological polar surface area (TPSA) is 106 Å². The number of carbonyl (C=O) groups is 1. The van der Waals surface area contributed by atoms with Crippen LogP contribution in [0.3, 0.4) is 0 Å². The summed E-state index contributed by atoms with van der Waals surface area (Å²) in [7, 11) is 1.25. The molecule has 0 spiro atoms. The van der Waals surface area contributed by atoms with Gasteiger partial charge in [0.1, 0.15) is 11.4 Å². The average Bonchev–Trinajstić information content (AvgIpc) is 3.28. The number of nitrogens with one attached hydrogen (secondary N) is 1. The number of aromatic nitrogens is 4. The minimum absolute atomic E-state index is 0.236. The largest absolute Gasteiger partial charge is 0.435 e. The van der Waals surface area contributed by atoms with Crippen LogP contribution >= 0.6 is 0 Å². The van der Waals surface area contributed by atoms with Crippen LogP contribution in [0.15, 0.2) is 35.0 Å². The fraction of sp³-hybridized carbons (Fsp3) is 0.333. The summed E-state index contributed by atoms with van der Waals surface area (Å²) in [4.78, 5) is 16.4. The number of aliphatic hydroxyl groups excluding tert-OH is 1. The standard InChI is InChI=1S/C18H18F3N5O3/c1-9(23-17(28)14-8-16(18(19,20)21)24-26(14)3)15-7-13(25-29-15)11-4-5-22-12(6-11)10(2)27/h4-10,27H,1-3H3,(H,23,28)/t9-,10+/m0/s1. The average molecular weight is 409 g/mol. The number of pyridine rings is 1. The van der Waals surface area contributed by atoms with Crippen molar-refractivity contribution in [1.29, 1.82) is 0 Å². The SMILES string of the molecule is C[C@H](NC(=O)c1cc(C(F)(F)F)nn1C)c1cc(-c2ccnc([C@@H](C)O)c2)no1. The second-order valence-corrected chi connectivity index (χ2v) is 6.49. The Bertz CT molecular complexity index is 1030. The molecule has 3 aromatic heterocycles. The first kappa shape index (κ1) is 20.5. The summed E-state index contributed by atoms with van der Waals surface area (Å²) < 4.78 is 44.4. The molecule has 0 bridgehead atoms. The Hall–Kier alpha value is -3.21. The van der Waals surface area contributed by atoms with Crippen LogP contribution in [0.5, 0.6) is 0 Å². The lowest BCUT2D eigenvalue weighted by Crippen LogP contribution is -2.28. The molecule has 2 atom stereocenters. The maximum atomic E-state index is 12.8. The minimum Gasteiger partial charge on any atom is -0.387 e. The summed E-state index contributed by atoms with van der Waals surface area (Å²) in [5.74, 6) is -0.428. The van der Waals surface area contributed by atoms with Crippen LogP contribution in [0.1, 0.15) is 53.6 Å². The van der Waals surface area contributed by atoms with Gasteiger partial charge in [-0.2, -0.15) is 18.3 Å². The predicted octanol–water partition coefficient (Wildman–Crippen LogP) is 3.03. The number of rotatable bonds is 5. The summed E-state index contributed by atoms with van der Waals surface area (Å²) in [6.45, 7) is 3.19. The second kappa shape index (κ2) is 7.66. The first-order valence-electron chi connectivity index (χ1n) is 8.59. The van der Waals surface area contributed by atoms with Crippen molar-refractivity contribution in [2.75, 3.05) is 0 Å². The predicted molar refractivity (Wildman–Crippen MR) is 94.5 cm³/mol. The van der Waals surface area contributed by atoms with Gasteiger partial charge in [-0.1, -0.05) is 5.16 Å². The van der Waals surface area contributed by atoms with E-state index in [1.807, 2.05) is 0 Å². The number of hydrogen-bond donors (Lipinski definition) is 2. The van der Waals surface area contributed by atoms with Crippen LogP contribution in [0.4, 0.5) is 13.2 Å². The maximum Gasteiger partial charge on any atom is 0.435 e. The molecule has 0 fully saturated rings. The number of halogens is 3. The number of hydrogen-bond acceptors (Lipinski definition) is 6. The summed E-state index contributed by atoms with van der Waals surface area (Å²) in [5.41, 5.74) is 0.201. The van der Waals surface area contributed by atoms with E-state index in [1.165, 1.54) is 13.2 Å². The monoisotopic (exact) mass is 409 g/mol. The molecule has 0 radical (unpaired) electrons. The zero-order chi connectivity index (χ0) is 21.3. The van der Waals surface area contributed by atoms with Gasteiger partial charge in [0.15, 0.2) is 11.5 Å². The van der Waals surface area contributed by atoms with Crippen molar-refractivity contribution < 1.29 is 27.6 Å². The van der Waals surface area contributed by atoms with Crippen LogP contribution in [0.2, 0.25) is 0 Å². The highest BCUT2D eigenvalue weighted by Crippen LogP contribution is 2.29. The van der Waals surface area contributed by atoms with Crippen molar-refractivity contribution in [2.24, 2.45) is 7.05 Å². The molecule has 0 saturated carbocycles. The highest BCUT2D eigenvalue weighted by atomic mass is 19.4. The number of amides is 1. The van der Waals surface area contributed by atoms with Gasteiger partial charge < -0.3 is 14.9 Å². The first-order chi connectivity index (χ1) is 13.6. The molecule has 1 amide bonds. The number of aryl methyl sites for hydroxylation is 1. The third-order valence-corrected chi connectivity index (χ3v) is 4.21. The fourth-order valence-electron chi connectivity index (χ4n) is 2.63. The Morgan fingerprint density at radius 1 is 1.28 bits per heavy atom. The van der Waals surface area contributed by atoms with E-state index >= 15 is 0 Å². The van der Waals surface area contributed by atoms with Gasteiger partial charge in [-0.15, -0.1) is 0 Å². The van der Waals surface area contributed by atoms with Gasteiger partial charge in [0.05, 0.1) is 17.8 Å². The van der Waals surface area contributed by atoms with Gasteiger partial charge in [0, 0.05) is 30.9 Å². The molecule has 3 heterocycles. The molecular formula is C18H18F3N5O3. The molecule has 3 aromatic rings. The zero-order valence-corrected chi connectivity index (χ0v) is 15.7. The smallest absolute Gasteiger partial charge is 0.387 e. The second-order valence-electron chi connectivity index (χ2n) is 6.49. The molecule has 11 heteroatoms. The van der Waals surface area contributed by atoms with Crippen molar-refractivity contribution in [1.82, 2.24) is 25.2 Å². The van der Waals surface area contributed by atoms with Crippen molar-refractivity contribution in [3.63, 3.8) is 0 Å². The van der Waals surface area contributed by atoms with Crippen molar-refractivity contribution in [3.05, 3.63) is 53.3 Å². The molecule has 3 rings (SSSR count). The molecular weight excluding hydrogens is 391 g/mol. The molecule has 8 nitrogen and oxygen atoms in total. The Morgan fingerprint density at radius 2 is 2.00 bits per heavy atom. The molecule has 29 heavy (non-hydrogen) atoms. The van der Waals surface area contributed by atoms with E-state index in [2.05, 4.69) is 20.6 Å². The van der Waals surface area contributed by atoms with Gasteiger partial charge >= 0.3 is 6.18 Å². The number of carbonyl (C=O) groups excluding carboxylic acids is 1. The molecule has 0 aromatic carbocycles. The van der Waals surface area contributed by atoms with E-state index in [0.717, 1.165) is 4.68 Å². The lowest BCUT2D eigenvalue weighted by molar-refractivity contribution is -0.141. The third-order valence-electron chi connectivity index (χ3n) is 4.21. The molecule has 2 N–H and O–H groups in total.